The number of carbonyl (C=O) groups is 15. The highest BCUT2D eigenvalue weighted by Gasteiger charge is 2.38. The van der Waals surface area contributed by atoms with E-state index in [1.54, 1.807) is 55.4 Å². The Labute approximate surface area is 608 Å². The molecule has 0 aliphatic heterocycles. The fourth-order valence-corrected chi connectivity index (χ4v) is 10.6. The van der Waals surface area contributed by atoms with Gasteiger partial charge in [-0.25, -0.2) is 0 Å². The van der Waals surface area contributed by atoms with Crippen LogP contribution >= 0.6 is 0 Å². The van der Waals surface area contributed by atoms with Gasteiger partial charge in [-0.05, 0) is 160 Å². The fourth-order valence-electron chi connectivity index (χ4n) is 10.6. The second-order valence-electron chi connectivity index (χ2n) is 28.8. The molecule has 34 heteroatoms. The molecule has 0 radical (unpaired) electrons. The minimum absolute atomic E-state index is 0.00610. The predicted molar refractivity (Wildman–Crippen MR) is 390 cm³/mol. The third-order valence-electron chi connectivity index (χ3n) is 17.3. The Kier molecular flexibility index (Phi) is 45.6. The van der Waals surface area contributed by atoms with Crippen LogP contribution in [0, 0.1) is 35.5 Å². The summed E-state index contributed by atoms with van der Waals surface area (Å²) in [5, 5.41) is 34.0. The first kappa shape index (κ1) is 94.9. The number of nitrogens with two attached hydrogens (primary N) is 6. The van der Waals surface area contributed by atoms with Gasteiger partial charge in [-0.15, -0.1) is 0 Å². The highest BCUT2D eigenvalue weighted by atomic mass is 16.2. The van der Waals surface area contributed by atoms with Crippen LogP contribution in [0.5, 0.6) is 0 Å². The summed E-state index contributed by atoms with van der Waals surface area (Å²) in [6.45, 7) is 27.6. The van der Waals surface area contributed by atoms with Crippen LogP contribution in [0.15, 0.2) is 0 Å². The van der Waals surface area contributed by atoms with E-state index < -0.39 is 186 Å². The van der Waals surface area contributed by atoms with Crippen molar-refractivity contribution in [3.05, 3.63) is 0 Å². The van der Waals surface area contributed by atoms with E-state index >= 15 is 0 Å². The summed E-state index contributed by atoms with van der Waals surface area (Å²) >= 11 is 0. The van der Waals surface area contributed by atoms with E-state index in [2.05, 4.69) is 69.1 Å². The SMILES string of the molecule is CC[C@H](C)[C@H](N)C(=O)N[C@@H](CC(N)=O)C(=O)N[C@@H](CC(C)C)C(=O)N[C@@H](CCCCN)C(=O)N[C@@H](C)C(=O)N[C@@H](CC(C)C)C(=O)N[C@@H](C)C(=O)N[C@@H](C)C(=O)N[C@@H](CC(C)C)C(=O)N[C@@H](C)C(=O)N[C@@H](CCCCN)C(=O)N[C@@H](CCCN)C(=O)N[C@H](C(=O)N[C@@H](CC(C)C)C(N)=O)[C@@H](C)CC. The molecule has 0 rings (SSSR count). The fraction of sp³-hybridized carbons (Fsp3) is 0.783. The summed E-state index contributed by atoms with van der Waals surface area (Å²) in [6, 6.07) is -17.4. The van der Waals surface area contributed by atoms with Gasteiger partial charge in [-0.1, -0.05) is 95.9 Å². The van der Waals surface area contributed by atoms with E-state index in [0.29, 0.717) is 38.5 Å². The molecule has 0 aromatic rings. The van der Waals surface area contributed by atoms with E-state index in [-0.39, 0.29) is 101 Å². The van der Waals surface area contributed by atoms with Crippen molar-refractivity contribution >= 4 is 88.6 Å². The standard InChI is InChI=1S/C69H129N19O15/c1-17-39(11)54(74)68(102)87-52(34-53(73)89)67(101)86-51(33-38(9)10)66(100)82-45(24-19-21-27-70)61(95)77-44(16)60(94)85-49(31-36(5)6)64(98)78-41(13)57(91)76-42(14)59(93)84-50(32-37(7)8)65(99)79-43(15)58(92)80-46(25-20-22-28-71)62(96)81-47(26-23-29-72)63(97)88-55(40(12)18-2)69(103)83-48(56(75)90)30-35(3)4/h35-52,54-55H,17-34,70-72,74H2,1-16H3,(H2,73,89)(H2,75,90)(H,76,91)(H,77,95)(H,78,98)(H,79,99)(H,80,92)(H,81,96)(H,82,100)(H,83,103)(H,84,93)(H,85,94)(H,86,101)(H,87,102)(H,88,97)/t39-,40-,41-,42-,43-,44-,45-,46-,47-,48-,49-,50-,51-,52-,54-,55-/m0/s1. The van der Waals surface area contributed by atoms with E-state index in [9.17, 15) is 71.9 Å². The van der Waals surface area contributed by atoms with E-state index in [1.165, 1.54) is 27.7 Å². The molecule has 590 valence electrons. The van der Waals surface area contributed by atoms with Crippen molar-refractivity contribution in [2.45, 2.75) is 292 Å². The van der Waals surface area contributed by atoms with Crippen LogP contribution in [0.25, 0.3) is 0 Å². The van der Waals surface area contributed by atoms with Gasteiger partial charge in [0.05, 0.1) is 12.5 Å². The van der Waals surface area contributed by atoms with Gasteiger partial charge in [0.15, 0.2) is 0 Å². The highest BCUT2D eigenvalue weighted by molar-refractivity contribution is 6.00. The summed E-state index contributed by atoms with van der Waals surface area (Å²) < 4.78 is 0. The molecule has 0 bridgehead atoms. The molecule has 34 nitrogen and oxygen atoms in total. The molecule has 0 heterocycles. The van der Waals surface area contributed by atoms with Crippen molar-refractivity contribution in [2.24, 2.45) is 69.9 Å². The number of unbranched alkanes of at least 4 members (excludes halogenated alkanes) is 2. The summed E-state index contributed by atoms with van der Waals surface area (Å²) in [5.74, 6) is -13.0. The highest BCUT2D eigenvalue weighted by Crippen LogP contribution is 2.16. The molecule has 0 aliphatic rings. The van der Waals surface area contributed by atoms with E-state index in [1.807, 2.05) is 27.7 Å². The van der Waals surface area contributed by atoms with Crippen LogP contribution in [-0.2, 0) is 71.9 Å². The number of primary amides is 2. The van der Waals surface area contributed by atoms with Gasteiger partial charge in [0.2, 0.25) is 88.6 Å². The lowest BCUT2D eigenvalue weighted by molar-refractivity contribution is -0.136. The Morgan fingerprint density at radius 2 is 0.544 bits per heavy atom. The zero-order chi connectivity index (χ0) is 79.1. The Hall–Kier alpha value is -8.11. The molecule has 0 fully saturated rings. The molecule has 16 atom stereocenters. The first-order valence-electron chi connectivity index (χ1n) is 36.5. The predicted octanol–water partition coefficient (Wildman–Crippen LogP) is -2.67. The normalized spacial score (nSPS) is 16.1. The second-order valence-corrected chi connectivity index (χ2v) is 28.8. The molecule has 25 N–H and O–H groups in total. The van der Waals surface area contributed by atoms with Gasteiger partial charge in [0.1, 0.15) is 78.5 Å². The average molecular weight is 1460 g/mol. The van der Waals surface area contributed by atoms with Crippen molar-refractivity contribution in [1.82, 2.24) is 69.1 Å². The molecule has 0 unspecified atom stereocenters. The maximum atomic E-state index is 14.1. The van der Waals surface area contributed by atoms with Crippen LogP contribution < -0.4 is 104 Å². The van der Waals surface area contributed by atoms with Gasteiger partial charge in [-0.3, -0.25) is 71.9 Å². The molecular formula is C69H129N19O15. The Bertz CT molecular complexity index is 2770. The third kappa shape index (κ3) is 37.2. The quantitative estimate of drug-likeness (QED) is 0.0276. The minimum atomic E-state index is -1.48. The van der Waals surface area contributed by atoms with Gasteiger partial charge in [0.25, 0.3) is 0 Å². The lowest BCUT2D eigenvalue weighted by Crippen LogP contribution is -2.60. The van der Waals surface area contributed by atoms with E-state index in [4.69, 9.17) is 34.4 Å². The molecule has 103 heavy (non-hydrogen) atoms. The number of rotatable bonds is 52. The Morgan fingerprint density at radius 1 is 0.282 bits per heavy atom. The first-order valence-corrected chi connectivity index (χ1v) is 36.5. The minimum Gasteiger partial charge on any atom is -0.370 e. The smallest absolute Gasteiger partial charge is 0.243 e. The van der Waals surface area contributed by atoms with Crippen LogP contribution in [0.4, 0.5) is 0 Å². The van der Waals surface area contributed by atoms with Crippen LogP contribution in [0.3, 0.4) is 0 Å². The summed E-state index contributed by atoms with van der Waals surface area (Å²) in [6.07, 6.45) is 2.94. The Morgan fingerprint density at radius 3 is 0.893 bits per heavy atom. The number of hydrogen-bond acceptors (Lipinski definition) is 19. The van der Waals surface area contributed by atoms with Crippen LogP contribution in [0.1, 0.15) is 207 Å². The zero-order valence-corrected chi connectivity index (χ0v) is 63.9. The first-order chi connectivity index (χ1) is 48.1. The maximum Gasteiger partial charge on any atom is 0.243 e. The molecule has 0 aromatic heterocycles. The summed E-state index contributed by atoms with van der Waals surface area (Å²) in [7, 11) is 0. The second kappa shape index (κ2) is 49.5. The molecule has 0 spiro atoms. The molecule has 0 saturated heterocycles. The molecule has 0 aliphatic carbocycles. The monoisotopic (exact) mass is 1460 g/mol. The number of carbonyl (C=O) groups excluding carboxylic acids is 15. The largest absolute Gasteiger partial charge is 0.370 e. The third-order valence-corrected chi connectivity index (χ3v) is 17.3. The lowest BCUT2D eigenvalue weighted by Gasteiger charge is -2.29. The van der Waals surface area contributed by atoms with Crippen LogP contribution in [-0.4, -0.2) is 193 Å². The summed E-state index contributed by atoms with van der Waals surface area (Å²) in [4.78, 5) is 204. The van der Waals surface area contributed by atoms with Gasteiger partial charge in [0, 0.05) is 0 Å². The van der Waals surface area contributed by atoms with Gasteiger partial charge >= 0.3 is 0 Å². The van der Waals surface area contributed by atoms with Crippen molar-refractivity contribution in [3.63, 3.8) is 0 Å². The van der Waals surface area contributed by atoms with Crippen molar-refractivity contribution < 1.29 is 71.9 Å². The van der Waals surface area contributed by atoms with Crippen molar-refractivity contribution in [3.8, 4) is 0 Å². The summed E-state index contributed by atoms with van der Waals surface area (Å²) in [5.41, 5.74) is 34.4. The average Bonchev–Trinajstić information content (AvgIpc) is 0.880. The van der Waals surface area contributed by atoms with Crippen LogP contribution in [0.2, 0.25) is 0 Å². The maximum absolute atomic E-state index is 14.1. The zero-order valence-electron chi connectivity index (χ0n) is 63.9. The molecule has 15 amide bonds. The number of nitrogens with one attached hydrogen (secondary N) is 13. The van der Waals surface area contributed by atoms with E-state index in [0.717, 1.165) is 0 Å². The molecule has 0 saturated carbocycles. The number of hydrogen-bond donors (Lipinski definition) is 19. The Balaban J connectivity index is 6.34. The van der Waals surface area contributed by atoms with Crippen molar-refractivity contribution in [1.29, 1.82) is 0 Å². The number of amides is 15. The molecule has 0 aromatic carbocycles. The van der Waals surface area contributed by atoms with Gasteiger partial charge in [-0.2, -0.15) is 0 Å². The topological polar surface area (TPSA) is 569 Å². The van der Waals surface area contributed by atoms with Crippen molar-refractivity contribution in [2.75, 3.05) is 19.6 Å². The molecular weight excluding hydrogens is 1330 g/mol. The van der Waals surface area contributed by atoms with Gasteiger partial charge < -0.3 is 104 Å². The lowest BCUT2D eigenvalue weighted by atomic mass is 9.96.